The number of cyclic esters (lactones) is 1. The minimum absolute atomic E-state index is 0.0237. The lowest BCUT2D eigenvalue weighted by atomic mass is 10.1. The quantitative estimate of drug-likeness (QED) is 0.0851. The number of hydrogen-bond acceptors (Lipinski definition) is 15. The number of benzene rings is 4. The molecule has 4 aromatic carbocycles. The summed E-state index contributed by atoms with van der Waals surface area (Å²) in [6.07, 6.45) is -2.80. The number of rotatable bonds is 16. The largest absolute Gasteiger partial charge is 0.485 e. The van der Waals surface area contributed by atoms with Crippen LogP contribution in [0.5, 0.6) is 0 Å². The molecule has 0 spiro atoms. The van der Waals surface area contributed by atoms with Gasteiger partial charge in [-0.3, -0.25) is 13.6 Å². The molecule has 0 aliphatic carbocycles. The number of esters is 1. The number of aromatic nitrogens is 4. The van der Waals surface area contributed by atoms with Gasteiger partial charge < -0.3 is 19.3 Å². The van der Waals surface area contributed by atoms with Gasteiger partial charge in [-0.2, -0.15) is 17.5 Å². The van der Waals surface area contributed by atoms with Crippen molar-refractivity contribution in [3.63, 3.8) is 0 Å². The SMILES string of the molecule is O=C1OC(C(CO)OP(=O)(OCc2ccccc2)OCc2ccccc2)C(OCc2ccc3nsnc3c2)=C1OCc1ccc2nsnc2c1. The van der Waals surface area contributed by atoms with Crippen molar-refractivity contribution in [2.75, 3.05) is 6.61 Å². The van der Waals surface area contributed by atoms with Crippen molar-refractivity contribution in [1.82, 2.24) is 17.5 Å². The minimum atomic E-state index is -4.42. The molecule has 2 atom stereocenters. The molecule has 16 heteroatoms. The summed E-state index contributed by atoms with van der Waals surface area (Å²) in [6.45, 7) is -1.03. The number of aliphatic hydroxyl groups is 1. The smallest absolute Gasteiger partial charge is 0.475 e. The highest BCUT2D eigenvalue weighted by Gasteiger charge is 2.46. The number of hydrogen-bond donors (Lipinski definition) is 1. The summed E-state index contributed by atoms with van der Waals surface area (Å²) in [5.41, 5.74) is 5.73. The minimum Gasteiger partial charge on any atom is -0.485 e. The van der Waals surface area contributed by atoms with Crippen LogP contribution in [-0.2, 0) is 63.6 Å². The predicted octanol–water partition coefficient (Wildman–Crippen LogP) is 6.49. The zero-order valence-corrected chi connectivity index (χ0v) is 28.7. The maximum Gasteiger partial charge on any atom is 0.475 e. The van der Waals surface area contributed by atoms with Crippen molar-refractivity contribution in [2.45, 2.75) is 38.6 Å². The molecule has 2 unspecified atom stereocenters. The fraction of sp³-hybridized carbons (Fsp3) is 0.206. The molecule has 3 heterocycles. The molecular formula is C34H29N4O9PS2. The molecule has 0 saturated carbocycles. The van der Waals surface area contributed by atoms with Gasteiger partial charge in [-0.05, 0) is 46.5 Å². The van der Waals surface area contributed by atoms with Crippen molar-refractivity contribution in [1.29, 1.82) is 0 Å². The summed E-state index contributed by atoms with van der Waals surface area (Å²) >= 11 is 2.18. The van der Waals surface area contributed by atoms with Gasteiger partial charge >= 0.3 is 13.8 Å². The van der Waals surface area contributed by atoms with E-state index in [1.54, 1.807) is 36.4 Å². The van der Waals surface area contributed by atoms with Gasteiger partial charge in [0, 0.05) is 0 Å². The molecule has 0 bridgehead atoms. The molecule has 2 aromatic heterocycles. The highest BCUT2D eigenvalue weighted by molar-refractivity contribution is 7.48. The average Bonchev–Trinajstić information content (AvgIpc) is 3.90. The molecule has 1 N–H and O–H groups in total. The fourth-order valence-electron chi connectivity index (χ4n) is 5.03. The van der Waals surface area contributed by atoms with E-state index in [0.29, 0.717) is 22.2 Å². The van der Waals surface area contributed by atoms with Gasteiger partial charge in [0.2, 0.25) is 5.76 Å². The van der Waals surface area contributed by atoms with E-state index in [1.807, 2.05) is 60.7 Å². The number of carbonyl (C=O) groups is 1. The molecule has 1 aliphatic rings. The number of aliphatic hydroxyl groups excluding tert-OH is 1. The van der Waals surface area contributed by atoms with Crippen LogP contribution in [-0.4, -0.2) is 47.4 Å². The number of fused-ring (bicyclic) bond motifs is 2. The van der Waals surface area contributed by atoms with Crippen LogP contribution in [0.15, 0.2) is 109 Å². The Balaban J connectivity index is 1.16. The highest BCUT2D eigenvalue weighted by Crippen LogP contribution is 2.53. The zero-order valence-electron chi connectivity index (χ0n) is 26.2. The first-order valence-corrected chi connectivity index (χ1v) is 18.3. The van der Waals surface area contributed by atoms with E-state index in [0.717, 1.165) is 45.6 Å². The number of phosphoric ester groups is 1. The van der Waals surface area contributed by atoms with Gasteiger partial charge in [0.1, 0.15) is 41.4 Å². The molecule has 256 valence electrons. The molecular weight excluding hydrogens is 704 g/mol. The Kier molecular flexibility index (Phi) is 10.5. The number of nitrogens with zero attached hydrogens (tertiary/aromatic N) is 4. The standard InChI is InChI=1S/C34H29N4O9PS2/c39-17-30(47-48(41,44-20-22-7-3-1-4-8-22)45-21-23-9-5-2-6-10-23)31-32(42-18-24-11-13-26-28(15-24)37-49-35-26)33(34(40)46-31)43-19-25-12-14-27-29(16-25)38-50-36-27/h1-16,30-31,39H,17-21H2. The van der Waals surface area contributed by atoms with Crippen LogP contribution >= 0.6 is 31.3 Å². The van der Waals surface area contributed by atoms with Gasteiger partial charge in [-0.1, -0.05) is 72.8 Å². The van der Waals surface area contributed by atoms with E-state index in [4.69, 9.17) is 27.8 Å². The topological polar surface area (TPSA) is 161 Å². The number of phosphoric acid groups is 1. The predicted molar refractivity (Wildman–Crippen MR) is 183 cm³/mol. The summed E-state index contributed by atoms with van der Waals surface area (Å²) in [7, 11) is -4.42. The Morgan fingerprint density at radius 1 is 0.680 bits per heavy atom. The lowest BCUT2D eigenvalue weighted by molar-refractivity contribution is -0.148. The first-order valence-electron chi connectivity index (χ1n) is 15.4. The lowest BCUT2D eigenvalue weighted by Crippen LogP contribution is -2.35. The third-order valence-electron chi connectivity index (χ3n) is 7.56. The Morgan fingerprint density at radius 3 is 1.74 bits per heavy atom. The normalized spacial score (nSPS) is 15.5. The first-order chi connectivity index (χ1) is 24.5. The third kappa shape index (κ3) is 8.06. The van der Waals surface area contributed by atoms with Crippen molar-refractivity contribution < 1.29 is 42.2 Å². The Labute approximate surface area is 294 Å². The zero-order chi connectivity index (χ0) is 34.3. The fourth-order valence-corrected chi connectivity index (χ4v) is 7.38. The highest BCUT2D eigenvalue weighted by atomic mass is 32.1. The second-order valence-electron chi connectivity index (χ2n) is 11.1. The van der Waals surface area contributed by atoms with Gasteiger partial charge in [-0.15, -0.1) is 0 Å². The van der Waals surface area contributed by atoms with Gasteiger partial charge in [0.15, 0.2) is 11.9 Å². The van der Waals surface area contributed by atoms with E-state index < -0.39 is 32.6 Å². The summed E-state index contributed by atoms with van der Waals surface area (Å²) in [6, 6.07) is 29.0. The van der Waals surface area contributed by atoms with Gasteiger partial charge in [0.05, 0.1) is 43.3 Å². The summed E-state index contributed by atoms with van der Waals surface area (Å²) in [4.78, 5) is 13.4. The van der Waals surface area contributed by atoms with Crippen molar-refractivity contribution in [2.24, 2.45) is 0 Å². The van der Waals surface area contributed by atoms with E-state index in [1.165, 1.54) is 0 Å². The Morgan fingerprint density at radius 2 is 1.20 bits per heavy atom. The van der Waals surface area contributed by atoms with Crippen LogP contribution in [0.3, 0.4) is 0 Å². The molecule has 0 fully saturated rings. The molecule has 0 radical (unpaired) electrons. The molecule has 0 saturated heterocycles. The van der Waals surface area contributed by atoms with Crippen LogP contribution in [0, 0.1) is 0 Å². The summed E-state index contributed by atoms with van der Waals surface area (Å²) in [5.74, 6) is -1.14. The van der Waals surface area contributed by atoms with Crippen molar-refractivity contribution in [3.05, 3.63) is 131 Å². The summed E-state index contributed by atoms with van der Waals surface area (Å²) < 4.78 is 66.5. The molecule has 50 heavy (non-hydrogen) atoms. The lowest BCUT2D eigenvalue weighted by Gasteiger charge is -2.27. The molecule has 1 aliphatic heterocycles. The number of ether oxygens (including phenoxy) is 3. The Bertz CT molecular complexity index is 2120. The van der Waals surface area contributed by atoms with Crippen LogP contribution in [0.1, 0.15) is 22.3 Å². The van der Waals surface area contributed by atoms with Crippen LogP contribution in [0.25, 0.3) is 22.1 Å². The van der Waals surface area contributed by atoms with E-state index in [2.05, 4.69) is 17.5 Å². The van der Waals surface area contributed by atoms with Crippen molar-refractivity contribution >= 4 is 59.3 Å². The second kappa shape index (κ2) is 15.5. The van der Waals surface area contributed by atoms with E-state index >= 15 is 0 Å². The first kappa shape index (κ1) is 33.9. The average molecular weight is 733 g/mol. The van der Waals surface area contributed by atoms with Gasteiger partial charge in [0.25, 0.3) is 0 Å². The van der Waals surface area contributed by atoms with E-state index in [-0.39, 0.29) is 37.9 Å². The molecule has 6 aromatic rings. The number of carbonyl (C=O) groups excluding carboxylic acids is 1. The summed E-state index contributed by atoms with van der Waals surface area (Å²) in [5, 5.41) is 10.6. The monoisotopic (exact) mass is 732 g/mol. The Hall–Kier alpha value is -4.60. The maximum atomic E-state index is 14.2. The molecule has 7 rings (SSSR count). The second-order valence-corrected chi connectivity index (χ2v) is 13.7. The third-order valence-corrected chi connectivity index (χ3v) is 10.1. The molecule has 13 nitrogen and oxygen atoms in total. The van der Waals surface area contributed by atoms with E-state index in [9.17, 15) is 14.5 Å². The van der Waals surface area contributed by atoms with Gasteiger partial charge in [-0.25, -0.2) is 9.36 Å². The molecule has 0 amide bonds. The van der Waals surface area contributed by atoms with Crippen LogP contribution < -0.4 is 0 Å². The van der Waals surface area contributed by atoms with Crippen LogP contribution in [0.2, 0.25) is 0 Å². The van der Waals surface area contributed by atoms with Crippen molar-refractivity contribution in [3.8, 4) is 0 Å². The maximum absolute atomic E-state index is 14.2. The van der Waals surface area contributed by atoms with Crippen LogP contribution in [0.4, 0.5) is 0 Å².